The Labute approximate surface area is 113 Å². The molecule has 0 spiro atoms. The molecule has 19 heavy (non-hydrogen) atoms. The van der Waals surface area contributed by atoms with Crippen molar-refractivity contribution in [2.45, 2.75) is 23.9 Å². The standard InChI is InChI=1S/C13H16N2O3S/c1-3-4-12(14)13(16)15-9-10-5-7-11(8-6-10)19(2,17)18/h1,5-8,12H,4,9,14H2,2H3,(H,15,16). The first-order chi connectivity index (χ1) is 8.84. The van der Waals surface area contributed by atoms with E-state index in [2.05, 4.69) is 11.2 Å². The second-order valence-corrected chi connectivity index (χ2v) is 6.16. The van der Waals surface area contributed by atoms with Gasteiger partial charge in [0.2, 0.25) is 5.91 Å². The highest BCUT2D eigenvalue weighted by Crippen LogP contribution is 2.10. The van der Waals surface area contributed by atoms with E-state index in [0.29, 0.717) is 0 Å². The molecule has 102 valence electrons. The van der Waals surface area contributed by atoms with Crippen molar-refractivity contribution in [1.29, 1.82) is 0 Å². The number of hydrogen-bond donors (Lipinski definition) is 2. The van der Waals surface area contributed by atoms with Gasteiger partial charge < -0.3 is 11.1 Å². The molecule has 0 aliphatic rings. The van der Waals surface area contributed by atoms with E-state index in [1.165, 1.54) is 12.1 Å². The molecule has 1 atom stereocenters. The van der Waals surface area contributed by atoms with Gasteiger partial charge in [-0.25, -0.2) is 8.42 Å². The monoisotopic (exact) mass is 280 g/mol. The second kappa shape index (κ2) is 6.36. The van der Waals surface area contributed by atoms with Crippen molar-refractivity contribution in [1.82, 2.24) is 5.32 Å². The third-order valence-electron chi connectivity index (χ3n) is 2.49. The van der Waals surface area contributed by atoms with Gasteiger partial charge >= 0.3 is 0 Å². The Kier molecular flexibility index (Phi) is 5.10. The quantitative estimate of drug-likeness (QED) is 0.746. The van der Waals surface area contributed by atoms with E-state index >= 15 is 0 Å². The Bertz CT molecular complexity index is 585. The van der Waals surface area contributed by atoms with Crippen LogP contribution in [0.15, 0.2) is 29.2 Å². The molecule has 0 aliphatic heterocycles. The fourth-order valence-corrected chi connectivity index (χ4v) is 2.02. The first-order valence-electron chi connectivity index (χ1n) is 5.60. The van der Waals surface area contributed by atoms with Gasteiger partial charge in [-0.05, 0) is 17.7 Å². The molecule has 6 heteroatoms. The minimum Gasteiger partial charge on any atom is -0.351 e. The molecule has 1 unspecified atom stereocenters. The zero-order valence-corrected chi connectivity index (χ0v) is 11.4. The Morgan fingerprint density at radius 1 is 1.42 bits per heavy atom. The molecule has 0 saturated carbocycles. The van der Waals surface area contributed by atoms with Crippen molar-refractivity contribution in [3.63, 3.8) is 0 Å². The number of sulfone groups is 1. The highest BCUT2D eigenvalue weighted by Gasteiger charge is 2.11. The highest BCUT2D eigenvalue weighted by molar-refractivity contribution is 7.90. The predicted octanol–water partition coefficient (Wildman–Crippen LogP) is 0.0569. The summed E-state index contributed by atoms with van der Waals surface area (Å²) in [5, 5.41) is 2.63. The van der Waals surface area contributed by atoms with Crippen LogP contribution in [-0.4, -0.2) is 26.6 Å². The molecule has 0 saturated heterocycles. The smallest absolute Gasteiger partial charge is 0.238 e. The molecule has 0 aromatic heterocycles. The number of carbonyl (C=O) groups is 1. The van der Waals surface area contributed by atoms with E-state index in [1.54, 1.807) is 12.1 Å². The van der Waals surface area contributed by atoms with Crippen molar-refractivity contribution in [2.75, 3.05) is 6.26 Å². The van der Waals surface area contributed by atoms with Crippen LogP contribution in [0.25, 0.3) is 0 Å². The second-order valence-electron chi connectivity index (χ2n) is 4.15. The number of rotatable bonds is 5. The molecule has 1 rings (SSSR count). The van der Waals surface area contributed by atoms with Gasteiger partial charge in [0.25, 0.3) is 0 Å². The van der Waals surface area contributed by atoms with E-state index in [0.717, 1.165) is 11.8 Å². The Hall–Kier alpha value is -1.84. The van der Waals surface area contributed by atoms with Crippen molar-refractivity contribution < 1.29 is 13.2 Å². The first kappa shape index (κ1) is 15.2. The SMILES string of the molecule is C#CCC(N)C(=O)NCc1ccc(S(C)(=O)=O)cc1. The predicted molar refractivity (Wildman–Crippen MR) is 72.8 cm³/mol. The van der Waals surface area contributed by atoms with Crippen LogP contribution in [0.3, 0.4) is 0 Å². The van der Waals surface area contributed by atoms with E-state index in [4.69, 9.17) is 12.2 Å². The number of terminal acetylenes is 1. The summed E-state index contributed by atoms with van der Waals surface area (Å²) in [6.07, 6.45) is 6.39. The average Bonchev–Trinajstić information content (AvgIpc) is 2.35. The molecule has 1 amide bonds. The van der Waals surface area contributed by atoms with Gasteiger partial charge in [0, 0.05) is 19.2 Å². The Balaban J connectivity index is 2.60. The molecule has 3 N–H and O–H groups in total. The molecule has 0 aliphatic carbocycles. The van der Waals surface area contributed by atoms with Crippen molar-refractivity contribution in [3.8, 4) is 12.3 Å². The van der Waals surface area contributed by atoms with Crippen molar-refractivity contribution in [3.05, 3.63) is 29.8 Å². The van der Waals surface area contributed by atoms with Crippen molar-refractivity contribution >= 4 is 15.7 Å². The summed E-state index contributed by atoms with van der Waals surface area (Å²) in [7, 11) is -3.20. The summed E-state index contributed by atoms with van der Waals surface area (Å²) in [6, 6.07) is 5.56. The lowest BCUT2D eigenvalue weighted by atomic mass is 10.2. The number of amides is 1. The lowest BCUT2D eigenvalue weighted by Crippen LogP contribution is -2.39. The number of benzene rings is 1. The lowest BCUT2D eigenvalue weighted by molar-refractivity contribution is -0.122. The van der Waals surface area contributed by atoms with E-state index in [-0.39, 0.29) is 23.8 Å². The van der Waals surface area contributed by atoms with E-state index in [1.807, 2.05) is 0 Å². The molecular formula is C13H16N2O3S. The van der Waals surface area contributed by atoms with Gasteiger partial charge in [-0.1, -0.05) is 12.1 Å². The molecule has 1 aromatic rings. The number of hydrogen-bond acceptors (Lipinski definition) is 4. The lowest BCUT2D eigenvalue weighted by Gasteiger charge is -2.09. The normalized spacial score (nSPS) is 12.5. The van der Waals surface area contributed by atoms with Crippen LogP contribution in [0.5, 0.6) is 0 Å². The fourth-order valence-electron chi connectivity index (χ4n) is 1.39. The summed E-state index contributed by atoms with van der Waals surface area (Å²) in [4.78, 5) is 11.7. The zero-order valence-electron chi connectivity index (χ0n) is 10.6. The van der Waals surface area contributed by atoms with Gasteiger partial charge in [-0.2, -0.15) is 0 Å². The van der Waals surface area contributed by atoms with Gasteiger partial charge in [0.15, 0.2) is 9.84 Å². The van der Waals surface area contributed by atoms with Crippen LogP contribution >= 0.6 is 0 Å². The minimum atomic E-state index is -3.20. The van der Waals surface area contributed by atoms with E-state index < -0.39 is 15.9 Å². The Morgan fingerprint density at radius 3 is 2.47 bits per heavy atom. The third-order valence-corrected chi connectivity index (χ3v) is 3.62. The zero-order chi connectivity index (χ0) is 14.5. The number of nitrogens with two attached hydrogens (primary N) is 1. The highest BCUT2D eigenvalue weighted by atomic mass is 32.2. The van der Waals surface area contributed by atoms with Crippen LogP contribution in [-0.2, 0) is 21.2 Å². The summed E-state index contributed by atoms with van der Waals surface area (Å²) >= 11 is 0. The molecule has 0 fully saturated rings. The van der Waals surface area contributed by atoms with Crippen LogP contribution in [0.1, 0.15) is 12.0 Å². The molecule has 5 nitrogen and oxygen atoms in total. The number of nitrogens with one attached hydrogen (secondary N) is 1. The minimum absolute atomic E-state index is 0.179. The molecule has 0 radical (unpaired) electrons. The fraction of sp³-hybridized carbons (Fsp3) is 0.308. The largest absolute Gasteiger partial charge is 0.351 e. The topological polar surface area (TPSA) is 89.3 Å². The molecule has 1 aromatic carbocycles. The summed E-state index contributed by atoms with van der Waals surface area (Å²) in [6.45, 7) is 0.279. The van der Waals surface area contributed by atoms with Crippen molar-refractivity contribution in [2.24, 2.45) is 5.73 Å². The number of carbonyl (C=O) groups excluding carboxylic acids is 1. The maximum Gasteiger partial charge on any atom is 0.238 e. The molecule has 0 bridgehead atoms. The van der Waals surface area contributed by atoms with Gasteiger partial charge in [0.1, 0.15) is 0 Å². The van der Waals surface area contributed by atoms with Crippen LogP contribution < -0.4 is 11.1 Å². The third kappa shape index (κ3) is 4.73. The summed E-state index contributed by atoms with van der Waals surface area (Å²) in [5.41, 5.74) is 6.33. The first-order valence-corrected chi connectivity index (χ1v) is 7.49. The van der Waals surface area contributed by atoms with Crippen LogP contribution in [0.2, 0.25) is 0 Å². The summed E-state index contributed by atoms with van der Waals surface area (Å²) in [5.74, 6) is 1.99. The molecule has 0 heterocycles. The van der Waals surface area contributed by atoms with E-state index in [9.17, 15) is 13.2 Å². The maximum absolute atomic E-state index is 11.5. The Morgan fingerprint density at radius 2 is 2.00 bits per heavy atom. The maximum atomic E-state index is 11.5. The molecular weight excluding hydrogens is 264 g/mol. The summed E-state index contributed by atoms with van der Waals surface area (Å²) < 4.78 is 22.5. The van der Waals surface area contributed by atoms with Gasteiger partial charge in [-0.15, -0.1) is 12.3 Å². The average molecular weight is 280 g/mol. The van der Waals surface area contributed by atoms with Crippen LogP contribution in [0, 0.1) is 12.3 Å². The van der Waals surface area contributed by atoms with Gasteiger partial charge in [-0.3, -0.25) is 4.79 Å². The van der Waals surface area contributed by atoms with Gasteiger partial charge in [0.05, 0.1) is 10.9 Å². The van der Waals surface area contributed by atoms with Crippen LogP contribution in [0.4, 0.5) is 0 Å².